The van der Waals surface area contributed by atoms with E-state index in [4.69, 9.17) is 14.2 Å². The number of unbranched alkanes of at least 4 members (excludes halogenated alkanes) is 1. The molecule has 8 nitrogen and oxygen atoms in total. The third-order valence-corrected chi connectivity index (χ3v) is 5.87. The van der Waals surface area contributed by atoms with Crippen LogP contribution in [-0.4, -0.2) is 26.9 Å². The highest BCUT2D eigenvalue weighted by Crippen LogP contribution is 2.36. The van der Waals surface area contributed by atoms with Crippen molar-refractivity contribution in [1.82, 2.24) is 8.52 Å². The van der Waals surface area contributed by atoms with E-state index in [0.717, 1.165) is 17.1 Å². The van der Waals surface area contributed by atoms with Crippen LogP contribution in [0.2, 0.25) is 0 Å². The Morgan fingerprint density at radius 1 is 0.969 bits per heavy atom. The average molecular weight is 457 g/mol. The maximum atomic E-state index is 12.6. The molecule has 32 heavy (non-hydrogen) atoms. The van der Waals surface area contributed by atoms with Gasteiger partial charge < -0.3 is 14.2 Å². The first kappa shape index (κ1) is 21.9. The number of benzene rings is 2. The normalized spacial score (nSPS) is 14.4. The molecule has 0 amide bonds. The van der Waals surface area contributed by atoms with Gasteiger partial charge >= 0.3 is 16.5 Å². The van der Waals surface area contributed by atoms with Crippen LogP contribution in [0.4, 0.5) is 0 Å². The second kappa shape index (κ2) is 9.04. The van der Waals surface area contributed by atoms with Crippen LogP contribution in [0.1, 0.15) is 42.6 Å². The number of hydrogen-bond donors (Lipinski definition) is 0. The van der Waals surface area contributed by atoms with Crippen LogP contribution in [-0.2, 0) is 17.8 Å². The van der Waals surface area contributed by atoms with Gasteiger partial charge in [0.1, 0.15) is 17.1 Å². The first-order valence-corrected chi connectivity index (χ1v) is 11.1. The predicted octanol–water partition coefficient (Wildman–Crippen LogP) is 3.26. The Bertz CT molecular complexity index is 1230. The van der Waals surface area contributed by atoms with E-state index >= 15 is 0 Å². The lowest BCUT2D eigenvalue weighted by Gasteiger charge is -2.32. The summed E-state index contributed by atoms with van der Waals surface area (Å²) >= 11 is 0.926. The molecule has 0 radical (unpaired) electrons. The molecule has 3 aromatic rings. The van der Waals surface area contributed by atoms with Gasteiger partial charge in [0.15, 0.2) is 0 Å². The zero-order valence-electron chi connectivity index (χ0n) is 17.9. The summed E-state index contributed by atoms with van der Waals surface area (Å²) < 4.78 is 19.5. The van der Waals surface area contributed by atoms with Crippen LogP contribution >= 0.6 is 11.5 Å². The van der Waals surface area contributed by atoms with Gasteiger partial charge in [-0.1, -0.05) is 36.4 Å². The van der Waals surface area contributed by atoms with Gasteiger partial charge in [0.2, 0.25) is 5.79 Å². The van der Waals surface area contributed by atoms with Crippen molar-refractivity contribution in [3.05, 3.63) is 79.8 Å². The number of carbonyl (C=O) groups excluding carboxylic acids is 1. The Kier molecular flexibility index (Phi) is 6.18. The Balaban J connectivity index is 1.33. The van der Waals surface area contributed by atoms with Crippen molar-refractivity contribution in [2.24, 2.45) is 0 Å². The van der Waals surface area contributed by atoms with E-state index in [2.05, 4.69) is 0 Å². The molecular weight excluding hydrogens is 432 g/mol. The number of cyclic esters (lactones) is 1. The largest absolute Gasteiger partial charge is 0.493 e. The van der Waals surface area contributed by atoms with Crippen molar-refractivity contribution in [3.63, 3.8) is 0 Å². The molecule has 0 N–H and O–H groups in total. The highest BCUT2D eigenvalue weighted by Gasteiger charge is 2.36. The summed E-state index contributed by atoms with van der Waals surface area (Å²) in [6, 6.07) is 14.6. The Labute approximate surface area is 188 Å². The van der Waals surface area contributed by atoms with E-state index in [1.165, 1.54) is 8.52 Å². The number of esters is 1. The van der Waals surface area contributed by atoms with Gasteiger partial charge in [-0.2, -0.15) is 0 Å². The highest BCUT2D eigenvalue weighted by molar-refractivity contribution is 7.03. The number of fused-ring (bicyclic) bond motifs is 1. The molecule has 0 bridgehead atoms. The number of carbonyl (C=O) groups is 1. The molecule has 0 unspecified atom stereocenters. The molecule has 168 valence electrons. The first-order chi connectivity index (χ1) is 15.3. The Morgan fingerprint density at radius 3 is 2.53 bits per heavy atom. The monoisotopic (exact) mass is 456 g/mol. The first-order valence-electron chi connectivity index (χ1n) is 10.4. The van der Waals surface area contributed by atoms with E-state index in [9.17, 15) is 14.4 Å². The van der Waals surface area contributed by atoms with Gasteiger partial charge in [-0.05, 0) is 30.5 Å². The van der Waals surface area contributed by atoms with Gasteiger partial charge in [0.25, 0.3) is 0 Å². The zero-order chi connectivity index (χ0) is 22.7. The van der Waals surface area contributed by atoms with E-state index < -0.39 is 11.8 Å². The van der Waals surface area contributed by atoms with Crippen molar-refractivity contribution in [1.29, 1.82) is 0 Å². The summed E-state index contributed by atoms with van der Waals surface area (Å²) in [7, 11) is 0. The zero-order valence-corrected chi connectivity index (χ0v) is 18.7. The summed E-state index contributed by atoms with van der Waals surface area (Å²) in [6.45, 7) is 4.38. The Hall–Kier alpha value is -3.33. The van der Waals surface area contributed by atoms with Crippen LogP contribution in [0.25, 0.3) is 0 Å². The molecule has 1 aliphatic rings. The molecule has 0 fully saturated rings. The van der Waals surface area contributed by atoms with Crippen molar-refractivity contribution in [2.45, 2.75) is 45.6 Å². The second-order valence-corrected chi connectivity index (χ2v) is 8.86. The lowest BCUT2D eigenvalue weighted by Crippen LogP contribution is -2.39. The summed E-state index contributed by atoms with van der Waals surface area (Å²) in [5.74, 6) is -0.671. The van der Waals surface area contributed by atoms with Gasteiger partial charge in [0.05, 0.1) is 13.2 Å². The molecular formula is C23H24N2O6S. The predicted molar refractivity (Wildman–Crippen MR) is 120 cm³/mol. The molecule has 2 aromatic carbocycles. The summed E-state index contributed by atoms with van der Waals surface area (Å²) in [5.41, 5.74) is 0.880. The van der Waals surface area contributed by atoms with E-state index in [-0.39, 0.29) is 22.7 Å². The minimum Gasteiger partial charge on any atom is -0.493 e. The average Bonchev–Trinajstić information content (AvgIpc) is 3.00. The molecule has 0 saturated carbocycles. The molecule has 0 aliphatic carbocycles. The van der Waals surface area contributed by atoms with Gasteiger partial charge in [0, 0.05) is 31.9 Å². The number of aromatic nitrogens is 2. The van der Waals surface area contributed by atoms with Crippen LogP contribution in [0.15, 0.2) is 58.1 Å². The summed E-state index contributed by atoms with van der Waals surface area (Å²) in [6.07, 6.45) is 1.29. The van der Waals surface area contributed by atoms with Gasteiger partial charge in [-0.3, -0.25) is 4.79 Å². The SMILES string of the molecule is CC1(C)OC(=O)c2c(OCCCCn3sc(=O)n(Cc4ccccc4)c3=O)cccc2O1. The van der Waals surface area contributed by atoms with Gasteiger partial charge in [-0.25, -0.2) is 18.1 Å². The minimum atomic E-state index is -1.02. The van der Waals surface area contributed by atoms with E-state index in [1.54, 1.807) is 32.0 Å². The standard InChI is InChI=1S/C23H24N2O6S/c1-23(2)30-18-12-8-11-17(19(18)20(26)31-23)29-14-7-6-13-25-21(27)24(22(28)32-25)15-16-9-4-3-5-10-16/h3-5,8-12H,6-7,13-15H2,1-2H3. The molecule has 0 spiro atoms. The molecule has 0 atom stereocenters. The lowest BCUT2D eigenvalue weighted by molar-refractivity contribution is -0.127. The van der Waals surface area contributed by atoms with Crippen LogP contribution < -0.4 is 20.0 Å². The fourth-order valence-corrected chi connectivity index (χ4v) is 4.28. The summed E-state index contributed by atoms with van der Waals surface area (Å²) in [4.78, 5) is 36.9. The van der Waals surface area contributed by atoms with Crippen molar-refractivity contribution in [3.8, 4) is 11.5 Å². The van der Waals surface area contributed by atoms with Crippen molar-refractivity contribution in [2.75, 3.05) is 6.61 Å². The fourth-order valence-electron chi connectivity index (χ4n) is 3.45. The molecule has 9 heteroatoms. The maximum Gasteiger partial charge on any atom is 0.349 e. The number of hydrogen-bond acceptors (Lipinski definition) is 7. The van der Waals surface area contributed by atoms with Crippen LogP contribution in [0.3, 0.4) is 0 Å². The fraction of sp³-hybridized carbons (Fsp3) is 0.348. The topological polar surface area (TPSA) is 88.8 Å². The minimum absolute atomic E-state index is 0.263. The van der Waals surface area contributed by atoms with E-state index in [0.29, 0.717) is 37.5 Å². The second-order valence-electron chi connectivity index (χ2n) is 7.89. The van der Waals surface area contributed by atoms with Crippen LogP contribution in [0, 0.1) is 0 Å². The highest BCUT2D eigenvalue weighted by atomic mass is 32.1. The molecule has 1 aromatic heterocycles. The Morgan fingerprint density at radius 2 is 1.75 bits per heavy atom. The van der Waals surface area contributed by atoms with E-state index in [1.807, 2.05) is 30.3 Å². The number of rotatable bonds is 8. The quantitative estimate of drug-likeness (QED) is 0.382. The lowest BCUT2D eigenvalue weighted by atomic mass is 10.1. The maximum absolute atomic E-state index is 12.6. The summed E-state index contributed by atoms with van der Waals surface area (Å²) in [5, 5.41) is 0. The third kappa shape index (κ3) is 4.77. The smallest absolute Gasteiger partial charge is 0.349 e. The molecule has 1 aliphatic heterocycles. The van der Waals surface area contributed by atoms with Crippen molar-refractivity contribution >= 4 is 17.5 Å². The number of nitrogens with zero attached hydrogens (tertiary/aromatic N) is 2. The van der Waals surface area contributed by atoms with Crippen molar-refractivity contribution < 1.29 is 19.0 Å². The van der Waals surface area contributed by atoms with Gasteiger partial charge in [-0.15, -0.1) is 0 Å². The molecule has 0 saturated heterocycles. The number of aryl methyl sites for hydroxylation is 1. The molecule has 4 rings (SSSR count). The third-order valence-electron chi connectivity index (χ3n) is 4.94. The number of ether oxygens (including phenoxy) is 3. The van der Waals surface area contributed by atoms with Crippen LogP contribution in [0.5, 0.6) is 11.5 Å². The molecule has 2 heterocycles.